The number of pyridine rings is 1. The Morgan fingerprint density at radius 2 is 1.76 bits per heavy atom. The number of rotatable bonds is 2. The first-order valence-electron chi connectivity index (χ1n) is 8.24. The van der Waals surface area contributed by atoms with Gasteiger partial charge in [-0.3, -0.25) is 0 Å². The van der Waals surface area contributed by atoms with Crippen LogP contribution in [0.4, 0.5) is 22.0 Å². The molecule has 1 aliphatic heterocycles. The highest BCUT2D eigenvalue weighted by Crippen LogP contribution is 2.46. The minimum Gasteiger partial charge on any atom is -0.206 e. The summed E-state index contributed by atoms with van der Waals surface area (Å²) in [6, 6.07) is 4.37. The van der Waals surface area contributed by atoms with E-state index in [1.54, 1.807) is 23.8 Å². The number of nitrogens with zero attached hydrogens (tertiary/aromatic N) is 1. The second-order valence-electron chi connectivity index (χ2n) is 6.67. The van der Waals surface area contributed by atoms with Crippen LogP contribution in [0.1, 0.15) is 43.4 Å². The van der Waals surface area contributed by atoms with Crippen LogP contribution in [-0.2, 0) is 18.1 Å². The van der Waals surface area contributed by atoms with E-state index in [9.17, 15) is 22.0 Å². The minimum atomic E-state index is -5.09. The average Bonchev–Trinajstić information content (AvgIpc) is 2.52. The highest BCUT2D eigenvalue weighted by atomic mass is 19.4. The van der Waals surface area contributed by atoms with Crippen molar-refractivity contribution in [3.05, 3.63) is 52.7 Å². The SMILES string of the molecule is CCC1(CC)C[n+]2ccc(C)cc2-c2c1cc(F)c(C(F)(F)F)c2F. The lowest BCUT2D eigenvalue weighted by molar-refractivity contribution is -0.697. The van der Waals surface area contributed by atoms with Crippen molar-refractivity contribution in [2.45, 2.75) is 51.7 Å². The Kier molecular flexibility index (Phi) is 4.12. The Morgan fingerprint density at radius 3 is 2.32 bits per heavy atom. The third kappa shape index (κ3) is 2.62. The predicted molar refractivity (Wildman–Crippen MR) is 84.0 cm³/mol. The molecule has 0 spiro atoms. The van der Waals surface area contributed by atoms with Crippen LogP contribution in [0.15, 0.2) is 24.4 Å². The maximum Gasteiger partial charge on any atom is 0.422 e. The summed E-state index contributed by atoms with van der Waals surface area (Å²) in [6.07, 6.45) is -2.19. The van der Waals surface area contributed by atoms with Gasteiger partial charge in [0, 0.05) is 12.1 Å². The van der Waals surface area contributed by atoms with Crippen molar-refractivity contribution < 1.29 is 26.5 Å². The topological polar surface area (TPSA) is 3.88 Å². The van der Waals surface area contributed by atoms with Crippen LogP contribution in [0.3, 0.4) is 0 Å². The second kappa shape index (κ2) is 5.78. The predicted octanol–water partition coefficient (Wildman–Crippen LogP) is 5.32. The second-order valence-corrected chi connectivity index (χ2v) is 6.67. The highest BCUT2D eigenvalue weighted by molar-refractivity contribution is 5.67. The smallest absolute Gasteiger partial charge is 0.206 e. The van der Waals surface area contributed by atoms with Crippen LogP contribution in [0.2, 0.25) is 0 Å². The first kappa shape index (κ1) is 17.8. The van der Waals surface area contributed by atoms with Crippen LogP contribution < -0.4 is 4.57 Å². The first-order valence-corrected chi connectivity index (χ1v) is 8.24. The van der Waals surface area contributed by atoms with Gasteiger partial charge in [-0.2, -0.15) is 17.7 Å². The van der Waals surface area contributed by atoms with Gasteiger partial charge >= 0.3 is 6.18 Å². The molecule has 1 nitrogen and oxygen atoms in total. The zero-order valence-corrected chi connectivity index (χ0v) is 14.3. The molecule has 25 heavy (non-hydrogen) atoms. The monoisotopic (exact) mass is 356 g/mol. The van der Waals surface area contributed by atoms with E-state index in [-0.39, 0.29) is 5.56 Å². The summed E-state index contributed by atoms with van der Waals surface area (Å²) >= 11 is 0. The molecule has 0 aliphatic carbocycles. The molecule has 1 aromatic heterocycles. The molecule has 0 fully saturated rings. The Bertz CT molecular complexity index is 835. The Labute approximate surface area is 143 Å². The molecule has 6 heteroatoms. The maximum atomic E-state index is 15.0. The molecule has 0 saturated carbocycles. The quantitative estimate of drug-likeness (QED) is 0.507. The molecule has 0 N–H and O–H groups in total. The van der Waals surface area contributed by atoms with E-state index in [0.29, 0.717) is 30.6 Å². The lowest BCUT2D eigenvalue weighted by Crippen LogP contribution is -2.51. The fraction of sp³-hybridized carbons (Fsp3) is 0.421. The molecule has 134 valence electrons. The fourth-order valence-corrected chi connectivity index (χ4v) is 3.80. The third-order valence-corrected chi connectivity index (χ3v) is 5.35. The molecule has 0 unspecified atom stereocenters. The van der Waals surface area contributed by atoms with E-state index in [0.717, 1.165) is 11.6 Å². The normalized spacial score (nSPS) is 15.7. The summed E-state index contributed by atoms with van der Waals surface area (Å²) in [4.78, 5) is 0. The Hall–Kier alpha value is -1.98. The molecule has 0 saturated heterocycles. The van der Waals surface area contributed by atoms with Crippen molar-refractivity contribution in [3.8, 4) is 11.3 Å². The van der Waals surface area contributed by atoms with Crippen molar-refractivity contribution in [2.24, 2.45) is 0 Å². The number of alkyl halides is 3. The van der Waals surface area contributed by atoms with Crippen molar-refractivity contribution in [3.63, 3.8) is 0 Å². The summed E-state index contributed by atoms with van der Waals surface area (Å²) in [5, 5.41) is 0. The van der Waals surface area contributed by atoms with Crippen molar-refractivity contribution in [1.82, 2.24) is 0 Å². The zero-order valence-electron chi connectivity index (χ0n) is 14.3. The lowest BCUT2D eigenvalue weighted by atomic mass is 9.70. The molecule has 2 aromatic rings. The summed E-state index contributed by atoms with van der Waals surface area (Å²) in [6.45, 7) is 6.04. The molecule has 1 aromatic carbocycles. The zero-order chi connectivity index (χ0) is 18.6. The number of hydrogen-bond acceptors (Lipinski definition) is 0. The van der Waals surface area contributed by atoms with E-state index in [2.05, 4.69) is 0 Å². The number of aromatic nitrogens is 1. The molecule has 1 aliphatic rings. The number of halogens is 5. The molecular weight excluding hydrogens is 337 g/mol. The largest absolute Gasteiger partial charge is 0.422 e. The van der Waals surface area contributed by atoms with E-state index in [1.807, 2.05) is 19.9 Å². The van der Waals surface area contributed by atoms with Gasteiger partial charge in [0.25, 0.3) is 0 Å². The van der Waals surface area contributed by atoms with Crippen LogP contribution in [-0.4, -0.2) is 0 Å². The van der Waals surface area contributed by atoms with Gasteiger partial charge in [0.1, 0.15) is 11.4 Å². The van der Waals surface area contributed by atoms with Gasteiger partial charge in [0.05, 0.1) is 11.0 Å². The maximum absolute atomic E-state index is 15.0. The Morgan fingerprint density at radius 1 is 1.12 bits per heavy atom. The third-order valence-electron chi connectivity index (χ3n) is 5.35. The van der Waals surface area contributed by atoms with Gasteiger partial charge in [-0.15, -0.1) is 0 Å². The summed E-state index contributed by atoms with van der Waals surface area (Å²) in [5.74, 6) is -3.07. The molecule has 0 amide bonds. The van der Waals surface area contributed by atoms with Crippen molar-refractivity contribution in [2.75, 3.05) is 0 Å². The van der Waals surface area contributed by atoms with Crippen molar-refractivity contribution >= 4 is 0 Å². The van der Waals surface area contributed by atoms with E-state index in [1.165, 1.54) is 0 Å². The van der Waals surface area contributed by atoms with E-state index < -0.39 is 28.8 Å². The van der Waals surface area contributed by atoms with Crippen LogP contribution in [0, 0.1) is 18.6 Å². The van der Waals surface area contributed by atoms with Gasteiger partial charge in [-0.25, -0.2) is 8.78 Å². The number of aryl methyl sites for hydroxylation is 1. The fourth-order valence-electron chi connectivity index (χ4n) is 3.80. The van der Waals surface area contributed by atoms with Gasteiger partial charge in [-0.1, -0.05) is 13.8 Å². The standard InChI is InChI=1S/C19H19F5N/c1-4-18(5-2)10-25-7-6-11(3)8-14(25)15-12(18)9-13(20)16(17(15)21)19(22,23)24/h6-9H,4-5,10H2,1-3H3/q+1. The molecule has 0 bridgehead atoms. The Balaban J connectivity index is 2.45. The number of fused-ring (bicyclic) bond motifs is 3. The first-order chi connectivity index (χ1) is 11.6. The molecule has 0 atom stereocenters. The summed E-state index contributed by atoms with van der Waals surface area (Å²) in [5.41, 5.74) is -1.07. The van der Waals surface area contributed by atoms with Gasteiger partial charge < -0.3 is 0 Å². The summed E-state index contributed by atoms with van der Waals surface area (Å²) < 4.78 is 70.6. The van der Waals surface area contributed by atoms with Crippen LogP contribution >= 0.6 is 0 Å². The van der Waals surface area contributed by atoms with Gasteiger partial charge in [-0.05, 0) is 37.0 Å². The highest BCUT2D eigenvalue weighted by Gasteiger charge is 2.47. The van der Waals surface area contributed by atoms with E-state index >= 15 is 0 Å². The number of hydrogen-bond donors (Lipinski definition) is 0. The number of benzene rings is 1. The molecular formula is C19H19F5N+. The molecule has 0 radical (unpaired) electrons. The minimum absolute atomic E-state index is 0.132. The molecule has 2 heterocycles. The summed E-state index contributed by atoms with van der Waals surface area (Å²) in [7, 11) is 0. The van der Waals surface area contributed by atoms with Crippen molar-refractivity contribution in [1.29, 1.82) is 0 Å². The average molecular weight is 356 g/mol. The van der Waals surface area contributed by atoms with Crippen LogP contribution in [0.25, 0.3) is 11.3 Å². The van der Waals surface area contributed by atoms with Gasteiger partial charge in [0.2, 0.25) is 5.69 Å². The van der Waals surface area contributed by atoms with Crippen LogP contribution in [0.5, 0.6) is 0 Å². The van der Waals surface area contributed by atoms with Gasteiger partial charge in [0.15, 0.2) is 18.6 Å². The van der Waals surface area contributed by atoms with E-state index in [4.69, 9.17) is 0 Å². The molecule has 3 rings (SSSR count). The lowest BCUT2D eigenvalue weighted by Gasteiger charge is -2.35.